The standard InChI is InChI=1S/C12H9ClN4O3/c1-7-4-9(17(19)20)6-15-11(7)16-12(18)8-2-3-14-10(13)5-8/h2-6H,1H3,(H,15,16,18). The number of halogens is 1. The van der Waals surface area contributed by atoms with E-state index < -0.39 is 10.8 Å². The average molecular weight is 293 g/mol. The van der Waals surface area contributed by atoms with E-state index in [1.807, 2.05) is 0 Å². The van der Waals surface area contributed by atoms with Crippen LogP contribution in [0.25, 0.3) is 0 Å². The maximum Gasteiger partial charge on any atom is 0.287 e. The van der Waals surface area contributed by atoms with Crippen molar-refractivity contribution in [3.8, 4) is 0 Å². The zero-order valence-corrected chi connectivity index (χ0v) is 11.1. The van der Waals surface area contributed by atoms with Crippen molar-refractivity contribution in [2.75, 3.05) is 5.32 Å². The Hall–Kier alpha value is -2.54. The fourth-order valence-corrected chi connectivity index (χ4v) is 1.69. The summed E-state index contributed by atoms with van der Waals surface area (Å²) in [5.74, 6) is -0.160. The molecule has 2 rings (SSSR count). The molecule has 0 saturated heterocycles. The second-order valence-electron chi connectivity index (χ2n) is 3.94. The number of aromatic nitrogens is 2. The van der Waals surface area contributed by atoms with Gasteiger partial charge in [-0.3, -0.25) is 14.9 Å². The van der Waals surface area contributed by atoms with Crippen LogP contribution in [-0.4, -0.2) is 20.8 Å². The molecule has 8 heteroatoms. The molecule has 2 aromatic rings. The Morgan fingerprint density at radius 3 is 2.75 bits per heavy atom. The first-order valence-electron chi connectivity index (χ1n) is 5.51. The van der Waals surface area contributed by atoms with E-state index in [9.17, 15) is 14.9 Å². The van der Waals surface area contributed by atoms with Gasteiger partial charge in [0.2, 0.25) is 0 Å². The summed E-state index contributed by atoms with van der Waals surface area (Å²) in [6, 6.07) is 4.25. The Morgan fingerprint density at radius 1 is 1.40 bits per heavy atom. The van der Waals surface area contributed by atoms with Gasteiger partial charge in [0.1, 0.15) is 17.2 Å². The molecule has 0 aliphatic rings. The summed E-state index contributed by atoms with van der Waals surface area (Å²) in [5.41, 5.74) is 0.685. The minimum absolute atomic E-state index is 0.132. The zero-order valence-electron chi connectivity index (χ0n) is 10.3. The molecule has 1 N–H and O–H groups in total. The predicted molar refractivity (Wildman–Crippen MR) is 72.8 cm³/mol. The normalized spacial score (nSPS) is 10.1. The molecule has 0 fully saturated rings. The van der Waals surface area contributed by atoms with Crippen LogP contribution >= 0.6 is 11.6 Å². The number of nitro groups is 1. The lowest BCUT2D eigenvalue weighted by atomic mass is 10.2. The Balaban J connectivity index is 2.22. The van der Waals surface area contributed by atoms with Gasteiger partial charge < -0.3 is 5.32 Å². The largest absolute Gasteiger partial charge is 0.306 e. The van der Waals surface area contributed by atoms with Crippen molar-refractivity contribution in [2.45, 2.75) is 6.92 Å². The number of hydrogen-bond acceptors (Lipinski definition) is 5. The van der Waals surface area contributed by atoms with E-state index in [-0.39, 0.29) is 16.7 Å². The lowest BCUT2D eigenvalue weighted by Gasteiger charge is -2.07. The van der Waals surface area contributed by atoms with Crippen LogP contribution in [0.2, 0.25) is 5.15 Å². The molecule has 20 heavy (non-hydrogen) atoms. The van der Waals surface area contributed by atoms with Crippen LogP contribution < -0.4 is 5.32 Å². The van der Waals surface area contributed by atoms with Crippen LogP contribution in [0.4, 0.5) is 11.5 Å². The van der Waals surface area contributed by atoms with Gasteiger partial charge in [-0.15, -0.1) is 0 Å². The van der Waals surface area contributed by atoms with Gasteiger partial charge in [-0.1, -0.05) is 11.6 Å². The van der Waals surface area contributed by atoms with Crippen LogP contribution in [0.1, 0.15) is 15.9 Å². The molecule has 2 heterocycles. The van der Waals surface area contributed by atoms with Crippen LogP contribution in [-0.2, 0) is 0 Å². The maximum atomic E-state index is 12.0. The van der Waals surface area contributed by atoms with E-state index in [2.05, 4.69) is 15.3 Å². The molecular weight excluding hydrogens is 284 g/mol. The van der Waals surface area contributed by atoms with E-state index in [0.29, 0.717) is 11.1 Å². The number of anilines is 1. The molecule has 0 spiro atoms. The van der Waals surface area contributed by atoms with Gasteiger partial charge in [0, 0.05) is 17.8 Å². The summed E-state index contributed by atoms with van der Waals surface area (Å²) in [7, 11) is 0. The third kappa shape index (κ3) is 3.07. The highest BCUT2D eigenvalue weighted by molar-refractivity contribution is 6.29. The van der Waals surface area contributed by atoms with E-state index in [1.54, 1.807) is 6.92 Å². The van der Waals surface area contributed by atoms with Gasteiger partial charge in [-0.05, 0) is 24.6 Å². The molecule has 0 aliphatic carbocycles. The molecule has 0 aromatic carbocycles. The van der Waals surface area contributed by atoms with Gasteiger partial charge >= 0.3 is 0 Å². The number of aryl methyl sites for hydroxylation is 1. The number of nitrogens with one attached hydrogen (secondary N) is 1. The first kappa shape index (κ1) is 13.9. The number of amides is 1. The van der Waals surface area contributed by atoms with Gasteiger partial charge in [0.05, 0.1) is 4.92 Å². The van der Waals surface area contributed by atoms with Gasteiger partial charge in [-0.2, -0.15) is 0 Å². The summed E-state index contributed by atoms with van der Waals surface area (Å²) in [6.07, 6.45) is 2.50. The number of carbonyl (C=O) groups excluding carboxylic acids is 1. The lowest BCUT2D eigenvalue weighted by molar-refractivity contribution is -0.385. The smallest absolute Gasteiger partial charge is 0.287 e. The van der Waals surface area contributed by atoms with E-state index in [4.69, 9.17) is 11.6 Å². The second-order valence-corrected chi connectivity index (χ2v) is 4.32. The topological polar surface area (TPSA) is 98.0 Å². The molecule has 102 valence electrons. The summed E-state index contributed by atoms with van der Waals surface area (Å²) in [4.78, 5) is 29.7. The van der Waals surface area contributed by atoms with Gasteiger partial charge in [-0.25, -0.2) is 9.97 Å². The molecule has 2 aromatic heterocycles. The number of hydrogen-bond donors (Lipinski definition) is 1. The molecule has 1 amide bonds. The van der Waals surface area contributed by atoms with Crippen LogP contribution in [0.15, 0.2) is 30.6 Å². The summed E-state index contributed by atoms with van der Waals surface area (Å²) in [6.45, 7) is 1.62. The monoisotopic (exact) mass is 292 g/mol. The second kappa shape index (κ2) is 5.62. The van der Waals surface area contributed by atoms with Crippen molar-refractivity contribution >= 4 is 29.0 Å². The molecule has 0 atom stereocenters. The summed E-state index contributed by atoms with van der Waals surface area (Å²) in [5, 5.41) is 13.4. The van der Waals surface area contributed by atoms with Gasteiger partial charge in [0.15, 0.2) is 0 Å². The number of nitrogens with zero attached hydrogens (tertiary/aromatic N) is 3. The lowest BCUT2D eigenvalue weighted by Crippen LogP contribution is -2.14. The van der Waals surface area contributed by atoms with Crippen molar-refractivity contribution in [1.82, 2.24) is 9.97 Å². The Morgan fingerprint density at radius 2 is 2.15 bits per heavy atom. The predicted octanol–water partition coefficient (Wildman–Crippen LogP) is 2.60. The molecule has 0 radical (unpaired) electrons. The third-order valence-corrected chi connectivity index (χ3v) is 2.70. The highest BCUT2D eigenvalue weighted by Crippen LogP contribution is 2.18. The van der Waals surface area contributed by atoms with Crippen molar-refractivity contribution in [1.29, 1.82) is 0 Å². The highest BCUT2D eigenvalue weighted by Gasteiger charge is 2.13. The number of rotatable bonds is 3. The van der Waals surface area contributed by atoms with Crippen LogP contribution in [0.3, 0.4) is 0 Å². The minimum atomic E-state index is -0.547. The Kier molecular flexibility index (Phi) is 3.90. The quantitative estimate of drug-likeness (QED) is 0.532. The fourth-order valence-electron chi connectivity index (χ4n) is 1.51. The summed E-state index contributed by atoms with van der Waals surface area (Å²) >= 11 is 5.70. The molecule has 7 nitrogen and oxygen atoms in total. The SMILES string of the molecule is Cc1cc([N+](=O)[O-])cnc1NC(=O)c1ccnc(Cl)c1. The van der Waals surface area contributed by atoms with E-state index in [0.717, 1.165) is 6.20 Å². The Labute approximate surface area is 118 Å². The molecule has 0 aliphatic heterocycles. The van der Waals surface area contributed by atoms with Crippen LogP contribution in [0.5, 0.6) is 0 Å². The maximum absolute atomic E-state index is 12.0. The molecular formula is C12H9ClN4O3. The average Bonchev–Trinajstić information content (AvgIpc) is 2.40. The molecule has 0 saturated carbocycles. The first-order chi connectivity index (χ1) is 9.47. The van der Waals surface area contributed by atoms with E-state index >= 15 is 0 Å². The highest BCUT2D eigenvalue weighted by atomic mass is 35.5. The third-order valence-electron chi connectivity index (χ3n) is 2.50. The number of pyridine rings is 2. The van der Waals surface area contributed by atoms with Crippen molar-refractivity contribution < 1.29 is 9.72 Å². The van der Waals surface area contributed by atoms with Crippen molar-refractivity contribution in [3.63, 3.8) is 0 Å². The van der Waals surface area contributed by atoms with Crippen molar-refractivity contribution in [3.05, 3.63) is 57.0 Å². The van der Waals surface area contributed by atoms with Crippen molar-refractivity contribution in [2.24, 2.45) is 0 Å². The molecule has 0 bridgehead atoms. The number of carbonyl (C=O) groups is 1. The first-order valence-corrected chi connectivity index (χ1v) is 5.89. The van der Waals surface area contributed by atoms with Crippen LogP contribution in [0, 0.1) is 17.0 Å². The minimum Gasteiger partial charge on any atom is -0.306 e. The zero-order chi connectivity index (χ0) is 14.7. The summed E-state index contributed by atoms with van der Waals surface area (Å²) < 4.78 is 0. The molecule has 0 unspecified atom stereocenters. The Bertz CT molecular complexity index is 690. The van der Waals surface area contributed by atoms with E-state index in [1.165, 1.54) is 24.4 Å². The van der Waals surface area contributed by atoms with Gasteiger partial charge in [0.25, 0.3) is 11.6 Å². The fraction of sp³-hybridized carbons (Fsp3) is 0.0833.